The van der Waals surface area contributed by atoms with Crippen molar-refractivity contribution in [3.05, 3.63) is 35.1 Å². The van der Waals surface area contributed by atoms with E-state index < -0.39 is 35.2 Å². The van der Waals surface area contributed by atoms with Gasteiger partial charge in [-0.25, -0.2) is 9.18 Å². The van der Waals surface area contributed by atoms with E-state index in [1.165, 1.54) is 0 Å². The molecular formula is C21H29F4N3O3. The van der Waals surface area contributed by atoms with Crippen LogP contribution in [0, 0.1) is 11.7 Å². The van der Waals surface area contributed by atoms with Crippen LogP contribution in [0.5, 0.6) is 0 Å². The molecule has 174 valence electrons. The number of likely N-dealkylation sites (tertiary alicyclic amines) is 1. The number of piperidine rings is 1. The molecule has 31 heavy (non-hydrogen) atoms. The Morgan fingerprint density at radius 1 is 1.10 bits per heavy atom. The van der Waals surface area contributed by atoms with Gasteiger partial charge in [0.05, 0.1) is 5.56 Å². The number of hydrogen-bond acceptors (Lipinski definition) is 4. The van der Waals surface area contributed by atoms with E-state index in [4.69, 9.17) is 4.74 Å². The molecule has 1 aromatic carbocycles. The molecule has 0 radical (unpaired) electrons. The number of rotatable bonds is 6. The van der Waals surface area contributed by atoms with Crippen LogP contribution in [0.2, 0.25) is 0 Å². The Bertz CT molecular complexity index is 770. The molecule has 0 aliphatic carbocycles. The average Bonchev–Trinajstić information content (AvgIpc) is 2.64. The highest BCUT2D eigenvalue weighted by Crippen LogP contribution is 2.30. The van der Waals surface area contributed by atoms with Crippen LogP contribution in [0.25, 0.3) is 0 Å². The molecule has 1 heterocycles. The number of nitrogens with zero attached hydrogens (tertiary/aromatic N) is 1. The minimum absolute atomic E-state index is 0.176. The molecule has 0 bridgehead atoms. The Labute approximate surface area is 179 Å². The summed E-state index contributed by atoms with van der Waals surface area (Å²) >= 11 is 0. The summed E-state index contributed by atoms with van der Waals surface area (Å²) in [6, 6.07) is 1.81. The quantitative estimate of drug-likeness (QED) is 0.651. The van der Waals surface area contributed by atoms with Gasteiger partial charge >= 0.3 is 12.3 Å². The minimum Gasteiger partial charge on any atom is -0.444 e. The monoisotopic (exact) mass is 447 g/mol. The van der Waals surface area contributed by atoms with E-state index in [9.17, 15) is 27.2 Å². The van der Waals surface area contributed by atoms with E-state index >= 15 is 0 Å². The molecule has 1 aliphatic heterocycles. The van der Waals surface area contributed by atoms with E-state index in [0.717, 1.165) is 32.0 Å². The zero-order valence-corrected chi connectivity index (χ0v) is 17.9. The first-order chi connectivity index (χ1) is 14.3. The van der Waals surface area contributed by atoms with Gasteiger partial charge in [-0.3, -0.25) is 4.79 Å². The molecule has 1 fully saturated rings. The maximum Gasteiger partial charge on any atom is 0.416 e. The lowest BCUT2D eigenvalue weighted by molar-refractivity contribution is -0.137. The van der Waals surface area contributed by atoms with Crippen LogP contribution < -0.4 is 10.6 Å². The molecule has 0 atom stereocenters. The molecule has 1 saturated heterocycles. The second-order valence-corrected chi connectivity index (χ2v) is 8.65. The third kappa shape index (κ3) is 8.72. The predicted molar refractivity (Wildman–Crippen MR) is 107 cm³/mol. The number of ether oxygens (including phenoxy) is 1. The number of amides is 2. The van der Waals surface area contributed by atoms with Crippen molar-refractivity contribution in [3.8, 4) is 0 Å². The molecule has 2 N–H and O–H groups in total. The van der Waals surface area contributed by atoms with Gasteiger partial charge in [0.2, 0.25) is 0 Å². The largest absolute Gasteiger partial charge is 0.444 e. The number of carbonyl (C=O) groups is 2. The van der Waals surface area contributed by atoms with Crippen LogP contribution in [0.15, 0.2) is 18.2 Å². The lowest BCUT2D eigenvalue weighted by Crippen LogP contribution is -2.42. The van der Waals surface area contributed by atoms with Crippen LogP contribution >= 0.6 is 0 Å². The van der Waals surface area contributed by atoms with E-state index in [2.05, 4.69) is 15.5 Å². The second-order valence-electron chi connectivity index (χ2n) is 8.65. The normalized spacial score (nSPS) is 16.1. The second kappa shape index (κ2) is 10.3. The van der Waals surface area contributed by atoms with Crippen molar-refractivity contribution in [2.24, 2.45) is 5.92 Å². The highest BCUT2D eigenvalue weighted by Gasteiger charge is 2.32. The van der Waals surface area contributed by atoms with Gasteiger partial charge in [0.15, 0.2) is 0 Å². The Hall–Kier alpha value is -2.36. The number of nitrogens with one attached hydrogen (secondary N) is 2. The topological polar surface area (TPSA) is 70.7 Å². The van der Waals surface area contributed by atoms with E-state index in [-0.39, 0.29) is 11.5 Å². The fourth-order valence-corrected chi connectivity index (χ4v) is 3.27. The minimum atomic E-state index is -4.72. The molecular weight excluding hydrogens is 418 g/mol. The van der Waals surface area contributed by atoms with Crippen molar-refractivity contribution in [3.63, 3.8) is 0 Å². The Morgan fingerprint density at radius 2 is 1.74 bits per heavy atom. The predicted octanol–water partition coefficient (Wildman–Crippen LogP) is 3.81. The van der Waals surface area contributed by atoms with Gasteiger partial charge in [0.25, 0.3) is 5.91 Å². The molecule has 0 saturated carbocycles. The van der Waals surface area contributed by atoms with E-state index in [1.807, 2.05) is 0 Å². The van der Waals surface area contributed by atoms with Gasteiger partial charge in [-0.2, -0.15) is 13.2 Å². The van der Waals surface area contributed by atoms with Crippen LogP contribution in [0.1, 0.15) is 49.5 Å². The number of hydrogen-bond donors (Lipinski definition) is 2. The van der Waals surface area contributed by atoms with Crippen LogP contribution in [-0.4, -0.2) is 55.2 Å². The zero-order valence-electron chi connectivity index (χ0n) is 17.9. The summed E-state index contributed by atoms with van der Waals surface area (Å²) in [5.41, 5.74) is -2.09. The highest BCUT2D eigenvalue weighted by atomic mass is 19.4. The van der Waals surface area contributed by atoms with Crippen molar-refractivity contribution in [2.75, 3.05) is 32.7 Å². The number of alkyl carbamates (subject to hydrolysis) is 1. The maximum atomic E-state index is 13.5. The van der Waals surface area contributed by atoms with Crippen molar-refractivity contribution < 1.29 is 31.9 Å². The standard InChI is InChI=1S/C21H29F4N3O3/c1-20(2,3)31-19(30)26-6-9-28-7-4-14(5-8-28)13-27-18(29)15-10-16(21(23,24)25)12-17(22)11-15/h10-12,14H,4-9,13H2,1-3H3,(H,26,30)(H,27,29). The summed E-state index contributed by atoms with van der Waals surface area (Å²) in [6.45, 7) is 8.35. The van der Waals surface area contributed by atoms with Crippen LogP contribution in [0.4, 0.5) is 22.4 Å². The zero-order chi connectivity index (χ0) is 23.2. The smallest absolute Gasteiger partial charge is 0.416 e. The number of carbonyl (C=O) groups excluding carboxylic acids is 2. The lowest BCUT2D eigenvalue weighted by Gasteiger charge is -2.32. The first-order valence-electron chi connectivity index (χ1n) is 10.2. The van der Waals surface area contributed by atoms with Gasteiger partial charge in [-0.15, -0.1) is 0 Å². The van der Waals surface area contributed by atoms with Gasteiger partial charge in [-0.1, -0.05) is 0 Å². The van der Waals surface area contributed by atoms with Gasteiger partial charge < -0.3 is 20.3 Å². The molecule has 1 aliphatic rings. The Morgan fingerprint density at radius 3 is 2.32 bits per heavy atom. The third-order valence-electron chi connectivity index (χ3n) is 4.84. The summed E-state index contributed by atoms with van der Waals surface area (Å²) in [6.07, 6.45) is -3.59. The molecule has 6 nitrogen and oxygen atoms in total. The van der Waals surface area contributed by atoms with Crippen LogP contribution in [-0.2, 0) is 10.9 Å². The van der Waals surface area contributed by atoms with Crippen molar-refractivity contribution in [1.29, 1.82) is 0 Å². The fraction of sp³-hybridized carbons (Fsp3) is 0.619. The number of benzene rings is 1. The lowest BCUT2D eigenvalue weighted by atomic mass is 9.96. The molecule has 0 unspecified atom stereocenters. The molecule has 0 spiro atoms. The molecule has 0 aromatic heterocycles. The number of halogens is 4. The summed E-state index contributed by atoms with van der Waals surface area (Å²) in [4.78, 5) is 26.0. The van der Waals surface area contributed by atoms with Crippen molar-refractivity contribution in [1.82, 2.24) is 15.5 Å². The van der Waals surface area contributed by atoms with E-state index in [0.29, 0.717) is 31.8 Å². The SMILES string of the molecule is CC(C)(C)OC(=O)NCCN1CCC(CNC(=O)c2cc(F)cc(C(F)(F)F)c2)CC1. The summed E-state index contributed by atoms with van der Waals surface area (Å²) in [5, 5.41) is 5.31. The van der Waals surface area contributed by atoms with Crippen LogP contribution in [0.3, 0.4) is 0 Å². The van der Waals surface area contributed by atoms with Gasteiger partial charge in [-0.05, 0) is 70.8 Å². The fourth-order valence-electron chi connectivity index (χ4n) is 3.27. The Kier molecular flexibility index (Phi) is 8.27. The molecule has 10 heteroatoms. The number of alkyl halides is 3. The van der Waals surface area contributed by atoms with Gasteiger partial charge in [0.1, 0.15) is 11.4 Å². The van der Waals surface area contributed by atoms with Gasteiger partial charge in [0, 0.05) is 25.2 Å². The maximum absolute atomic E-state index is 13.5. The molecule has 1 aromatic rings. The third-order valence-corrected chi connectivity index (χ3v) is 4.84. The first-order valence-corrected chi connectivity index (χ1v) is 10.2. The van der Waals surface area contributed by atoms with Crippen molar-refractivity contribution in [2.45, 2.75) is 45.4 Å². The highest BCUT2D eigenvalue weighted by molar-refractivity contribution is 5.94. The Balaban J connectivity index is 1.72. The van der Waals surface area contributed by atoms with Crippen molar-refractivity contribution >= 4 is 12.0 Å². The van der Waals surface area contributed by atoms with E-state index in [1.54, 1.807) is 20.8 Å². The molecule has 2 amide bonds. The summed E-state index contributed by atoms with van der Waals surface area (Å²) in [7, 11) is 0. The summed E-state index contributed by atoms with van der Waals surface area (Å²) < 4.78 is 57.0. The molecule has 2 rings (SSSR count). The summed E-state index contributed by atoms with van der Waals surface area (Å²) in [5.74, 6) is -1.66. The average molecular weight is 447 g/mol. The first kappa shape index (κ1) is 24.9.